The summed E-state index contributed by atoms with van der Waals surface area (Å²) in [5.41, 5.74) is 1.14. The van der Waals surface area contributed by atoms with Crippen LogP contribution in [0.3, 0.4) is 0 Å². The Balaban J connectivity index is 1.60. The Labute approximate surface area is 113 Å². The normalized spacial score (nSPS) is 14.6. The first-order chi connectivity index (χ1) is 9.42. The van der Waals surface area contributed by atoms with Gasteiger partial charge in [-0.2, -0.15) is 0 Å². The summed E-state index contributed by atoms with van der Waals surface area (Å²) in [5.74, 6) is 1.52. The van der Waals surface area contributed by atoms with Gasteiger partial charge in [-0.1, -0.05) is 30.3 Å². The number of nitrogens with zero attached hydrogens (tertiary/aromatic N) is 3. The quantitative estimate of drug-likeness (QED) is 0.842. The number of anilines is 1. The minimum Gasteiger partial charge on any atom is -0.486 e. The largest absolute Gasteiger partial charge is 0.486 e. The summed E-state index contributed by atoms with van der Waals surface area (Å²) in [5, 5.41) is 0. The predicted molar refractivity (Wildman–Crippen MR) is 74.3 cm³/mol. The van der Waals surface area contributed by atoms with E-state index in [0.717, 1.165) is 24.6 Å². The van der Waals surface area contributed by atoms with Crippen LogP contribution in [-0.4, -0.2) is 23.1 Å². The Bertz CT molecular complexity index is 507. The van der Waals surface area contributed by atoms with E-state index in [1.165, 1.54) is 12.8 Å². The molecule has 98 valence electrons. The van der Waals surface area contributed by atoms with Crippen LogP contribution in [0.5, 0.6) is 5.75 Å². The molecule has 1 saturated heterocycles. The topological polar surface area (TPSA) is 38.2 Å². The fraction of sp³-hybridized carbons (Fsp3) is 0.333. The average Bonchev–Trinajstić information content (AvgIpc) is 3.01. The van der Waals surface area contributed by atoms with Crippen LogP contribution in [0.15, 0.2) is 42.7 Å². The van der Waals surface area contributed by atoms with Crippen molar-refractivity contribution in [2.45, 2.75) is 19.4 Å². The highest BCUT2D eigenvalue weighted by molar-refractivity contribution is 5.32. The molecule has 0 atom stereocenters. The second kappa shape index (κ2) is 5.69. The van der Waals surface area contributed by atoms with Gasteiger partial charge < -0.3 is 9.64 Å². The molecule has 1 aromatic carbocycles. The molecule has 0 amide bonds. The molecule has 0 radical (unpaired) electrons. The van der Waals surface area contributed by atoms with Crippen molar-refractivity contribution in [3.8, 4) is 5.75 Å². The highest BCUT2D eigenvalue weighted by Crippen LogP contribution is 2.17. The maximum absolute atomic E-state index is 5.67. The first-order valence-corrected chi connectivity index (χ1v) is 6.65. The molecule has 0 bridgehead atoms. The predicted octanol–water partition coefficient (Wildman–Crippen LogP) is 2.66. The summed E-state index contributed by atoms with van der Waals surface area (Å²) in [6.07, 6.45) is 5.97. The van der Waals surface area contributed by atoms with Crippen LogP contribution >= 0.6 is 0 Å². The van der Waals surface area contributed by atoms with Crippen LogP contribution in [0.4, 0.5) is 5.95 Å². The fourth-order valence-electron chi connectivity index (χ4n) is 2.21. The Kier molecular flexibility index (Phi) is 3.58. The van der Waals surface area contributed by atoms with Gasteiger partial charge in [0, 0.05) is 13.1 Å². The van der Waals surface area contributed by atoms with Gasteiger partial charge in [-0.05, 0) is 18.4 Å². The van der Waals surface area contributed by atoms with Gasteiger partial charge in [-0.25, -0.2) is 9.97 Å². The SMILES string of the molecule is c1ccc(COc2cnc(N3CCCC3)nc2)cc1. The molecule has 1 fully saturated rings. The third-order valence-corrected chi connectivity index (χ3v) is 3.25. The van der Waals surface area contributed by atoms with Crippen LogP contribution in [0.2, 0.25) is 0 Å². The molecular formula is C15H17N3O. The van der Waals surface area contributed by atoms with E-state index < -0.39 is 0 Å². The van der Waals surface area contributed by atoms with Crippen molar-refractivity contribution in [1.82, 2.24) is 9.97 Å². The molecule has 1 aromatic heterocycles. The van der Waals surface area contributed by atoms with E-state index in [4.69, 9.17) is 4.74 Å². The molecule has 4 heteroatoms. The lowest BCUT2D eigenvalue weighted by atomic mass is 10.2. The van der Waals surface area contributed by atoms with Crippen LogP contribution in [0.25, 0.3) is 0 Å². The average molecular weight is 255 g/mol. The highest BCUT2D eigenvalue weighted by atomic mass is 16.5. The lowest BCUT2D eigenvalue weighted by Crippen LogP contribution is -2.20. The summed E-state index contributed by atoms with van der Waals surface area (Å²) in [6.45, 7) is 2.67. The maximum atomic E-state index is 5.67. The van der Waals surface area contributed by atoms with Gasteiger partial charge in [0.2, 0.25) is 5.95 Å². The fourth-order valence-corrected chi connectivity index (χ4v) is 2.21. The number of ether oxygens (including phenoxy) is 1. The van der Waals surface area contributed by atoms with Gasteiger partial charge in [0.15, 0.2) is 5.75 Å². The molecule has 2 heterocycles. The number of benzene rings is 1. The number of hydrogen-bond donors (Lipinski definition) is 0. The van der Waals surface area contributed by atoms with E-state index in [-0.39, 0.29) is 0 Å². The zero-order valence-electron chi connectivity index (χ0n) is 10.8. The van der Waals surface area contributed by atoms with E-state index in [2.05, 4.69) is 14.9 Å². The second-order valence-electron chi connectivity index (χ2n) is 4.69. The third kappa shape index (κ3) is 3.02. The minimum atomic E-state index is 0.549. The standard InChI is InChI=1S/C15H17N3O/c1-2-6-13(7-3-1)12-19-14-10-16-15(17-11-14)18-8-4-5-9-18/h1-3,6-7,10-11H,4-5,8-9,12H2. The van der Waals surface area contributed by atoms with Crippen molar-refractivity contribution < 1.29 is 4.74 Å². The summed E-state index contributed by atoms with van der Waals surface area (Å²) in [7, 11) is 0. The first kappa shape index (κ1) is 12.0. The van der Waals surface area contributed by atoms with E-state index >= 15 is 0 Å². The second-order valence-corrected chi connectivity index (χ2v) is 4.69. The van der Waals surface area contributed by atoms with Crippen LogP contribution in [-0.2, 0) is 6.61 Å². The molecule has 2 aromatic rings. The molecule has 4 nitrogen and oxygen atoms in total. The molecule has 0 aliphatic carbocycles. The number of hydrogen-bond acceptors (Lipinski definition) is 4. The summed E-state index contributed by atoms with van der Waals surface area (Å²) >= 11 is 0. The molecule has 3 rings (SSSR count). The Morgan fingerprint density at radius 3 is 2.37 bits per heavy atom. The van der Waals surface area contributed by atoms with Gasteiger partial charge in [0.1, 0.15) is 6.61 Å². The summed E-state index contributed by atoms with van der Waals surface area (Å²) in [6, 6.07) is 10.1. The molecule has 0 unspecified atom stereocenters. The Morgan fingerprint density at radius 1 is 1.00 bits per heavy atom. The smallest absolute Gasteiger partial charge is 0.225 e. The van der Waals surface area contributed by atoms with E-state index in [1.807, 2.05) is 30.3 Å². The zero-order chi connectivity index (χ0) is 12.9. The monoisotopic (exact) mass is 255 g/mol. The summed E-state index contributed by atoms with van der Waals surface area (Å²) < 4.78 is 5.67. The molecular weight excluding hydrogens is 238 g/mol. The van der Waals surface area contributed by atoms with Gasteiger partial charge in [-0.15, -0.1) is 0 Å². The Morgan fingerprint density at radius 2 is 1.68 bits per heavy atom. The molecule has 0 spiro atoms. The van der Waals surface area contributed by atoms with Crippen molar-refractivity contribution in [2.24, 2.45) is 0 Å². The number of rotatable bonds is 4. The molecule has 0 N–H and O–H groups in total. The maximum Gasteiger partial charge on any atom is 0.225 e. The lowest BCUT2D eigenvalue weighted by Gasteiger charge is -2.14. The van der Waals surface area contributed by atoms with Gasteiger partial charge in [-0.3, -0.25) is 0 Å². The Hall–Kier alpha value is -2.10. The van der Waals surface area contributed by atoms with Crippen LogP contribution in [0.1, 0.15) is 18.4 Å². The third-order valence-electron chi connectivity index (χ3n) is 3.25. The van der Waals surface area contributed by atoms with Crippen molar-refractivity contribution in [2.75, 3.05) is 18.0 Å². The van der Waals surface area contributed by atoms with Crippen molar-refractivity contribution >= 4 is 5.95 Å². The van der Waals surface area contributed by atoms with E-state index in [9.17, 15) is 0 Å². The zero-order valence-corrected chi connectivity index (χ0v) is 10.8. The van der Waals surface area contributed by atoms with Crippen molar-refractivity contribution in [3.63, 3.8) is 0 Å². The van der Waals surface area contributed by atoms with Gasteiger partial charge in [0.25, 0.3) is 0 Å². The summed E-state index contributed by atoms with van der Waals surface area (Å²) in [4.78, 5) is 10.9. The molecule has 1 aliphatic heterocycles. The molecule has 0 saturated carbocycles. The minimum absolute atomic E-state index is 0.549. The van der Waals surface area contributed by atoms with Crippen LogP contribution < -0.4 is 9.64 Å². The number of aromatic nitrogens is 2. The van der Waals surface area contributed by atoms with Crippen molar-refractivity contribution in [1.29, 1.82) is 0 Å². The van der Waals surface area contributed by atoms with Gasteiger partial charge in [0.05, 0.1) is 12.4 Å². The lowest BCUT2D eigenvalue weighted by molar-refractivity contribution is 0.303. The van der Waals surface area contributed by atoms with E-state index in [0.29, 0.717) is 12.4 Å². The van der Waals surface area contributed by atoms with Crippen LogP contribution in [0, 0.1) is 0 Å². The highest BCUT2D eigenvalue weighted by Gasteiger charge is 2.14. The van der Waals surface area contributed by atoms with Gasteiger partial charge >= 0.3 is 0 Å². The molecule has 1 aliphatic rings. The van der Waals surface area contributed by atoms with E-state index in [1.54, 1.807) is 12.4 Å². The first-order valence-electron chi connectivity index (χ1n) is 6.65. The van der Waals surface area contributed by atoms with Crippen molar-refractivity contribution in [3.05, 3.63) is 48.3 Å². The molecule has 19 heavy (non-hydrogen) atoms.